The van der Waals surface area contributed by atoms with E-state index in [4.69, 9.17) is 22.3 Å². The second-order valence-corrected chi connectivity index (χ2v) is 8.20. The zero-order valence-electron chi connectivity index (χ0n) is 17.2. The number of fused-ring (bicyclic) bond motifs is 4. The van der Waals surface area contributed by atoms with Crippen LogP contribution >= 0.6 is 11.6 Å². The molecule has 7 nitrogen and oxygen atoms in total. The predicted octanol–water partition coefficient (Wildman–Crippen LogP) is 4.76. The molecule has 0 saturated carbocycles. The van der Waals surface area contributed by atoms with Gasteiger partial charge in [-0.25, -0.2) is 15.0 Å². The van der Waals surface area contributed by atoms with Crippen molar-refractivity contribution >= 4 is 34.5 Å². The Labute approximate surface area is 193 Å². The Hall–Kier alpha value is -4.23. The van der Waals surface area contributed by atoms with Gasteiger partial charge in [-0.2, -0.15) is 0 Å². The second kappa shape index (κ2) is 7.43. The highest BCUT2D eigenvalue weighted by Crippen LogP contribution is 2.47. The van der Waals surface area contributed by atoms with E-state index in [9.17, 15) is 4.79 Å². The number of carbonyl (C=O) groups excluding carboxylic acids is 1. The minimum atomic E-state index is -0.420. The Morgan fingerprint density at radius 2 is 1.70 bits per heavy atom. The van der Waals surface area contributed by atoms with Gasteiger partial charge in [0.15, 0.2) is 5.69 Å². The van der Waals surface area contributed by atoms with E-state index in [1.54, 1.807) is 0 Å². The molecule has 4 N–H and O–H groups in total. The maximum Gasteiger partial charge on any atom is 0.272 e. The molecule has 1 aliphatic rings. The van der Waals surface area contributed by atoms with E-state index >= 15 is 0 Å². The molecule has 0 bridgehead atoms. The third-order valence-electron chi connectivity index (χ3n) is 5.85. The van der Waals surface area contributed by atoms with Crippen LogP contribution in [0.5, 0.6) is 0 Å². The van der Waals surface area contributed by atoms with E-state index in [0.29, 0.717) is 0 Å². The van der Waals surface area contributed by atoms with Gasteiger partial charge in [0.25, 0.3) is 5.91 Å². The molecule has 8 heteroatoms. The first-order valence-electron chi connectivity index (χ1n) is 10.4. The van der Waals surface area contributed by atoms with E-state index in [1.165, 1.54) is 6.20 Å². The lowest BCUT2D eigenvalue weighted by molar-refractivity contribution is 0.0938. The molecule has 0 spiro atoms. The molecule has 0 saturated heterocycles. The van der Waals surface area contributed by atoms with Crippen molar-refractivity contribution < 1.29 is 4.79 Å². The fraction of sp³-hybridized carbons (Fsp3) is 0.0400. The molecule has 0 radical (unpaired) electrons. The lowest BCUT2D eigenvalue weighted by atomic mass is 9.99. The highest BCUT2D eigenvalue weighted by molar-refractivity contribution is 6.33. The molecule has 0 fully saturated rings. The first kappa shape index (κ1) is 19.5. The van der Waals surface area contributed by atoms with Gasteiger partial charge in [0.05, 0.1) is 28.3 Å². The van der Waals surface area contributed by atoms with E-state index in [-0.39, 0.29) is 22.7 Å². The number of halogens is 1. The molecule has 160 valence electrons. The summed E-state index contributed by atoms with van der Waals surface area (Å²) in [6.45, 7) is 0. The standard InChI is InChI=1S/C25H17ClN6O/c26-17-12-28-25(27)32-22(17)24(33)31-21-14-7-2-1-6-13(14)20-15(21)8-5-9-16(20)23-29-18-10-3-4-11-19(18)30-23/h1-12,21H,(H,29,30)(H,31,33)(H2,27,28,32). The smallest absolute Gasteiger partial charge is 0.272 e. The Kier molecular flexibility index (Phi) is 4.38. The molecular formula is C25H17ClN6O. The molecule has 1 aliphatic carbocycles. The molecule has 2 aromatic heterocycles. The molecule has 6 rings (SSSR count). The second-order valence-electron chi connectivity index (χ2n) is 7.79. The summed E-state index contributed by atoms with van der Waals surface area (Å²) in [6, 6.07) is 21.6. The summed E-state index contributed by atoms with van der Waals surface area (Å²) in [5.74, 6) is 0.348. The molecule has 1 atom stereocenters. The van der Waals surface area contributed by atoms with Gasteiger partial charge in [-0.3, -0.25) is 4.79 Å². The summed E-state index contributed by atoms with van der Waals surface area (Å²) in [7, 11) is 0. The number of nitrogens with one attached hydrogen (secondary N) is 2. The van der Waals surface area contributed by atoms with E-state index in [2.05, 4.69) is 26.3 Å². The highest BCUT2D eigenvalue weighted by Gasteiger charge is 2.33. The molecule has 3 aromatic carbocycles. The van der Waals surface area contributed by atoms with Crippen LogP contribution in [0.1, 0.15) is 27.7 Å². The van der Waals surface area contributed by atoms with E-state index < -0.39 is 5.91 Å². The maximum absolute atomic E-state index is 13.1. The van der Waals surface area contributed by atoms with Crippen molar-refractivity contribution in [3.63, 3.8) is 0 Å². The average molecular weight is 453 g/mol. The van der Waals surface area contributed by atoms with Crippen LogP contribution in [0.15, 0.2) is 72.9 Å². The summed E-state index contributed by atoms with van der Waals surface area (Å²) in [5, 5.41) is 3.22. The summed E-state index contributed by atoms with van der Waals surface area (Å²) < 4.78 is 0. The van der Waals surface area contributed by atoms with Gasteiger partial charge >= 0.3 is 0 Å². The maximum atomic E-state index is 13.1. The topological polar surface area (TPSA) is 110 Å². The van der Waals surface area contributed by atoms with Gasteiger partial charge in [-0.05, 0) is 34.4 Å². The number of rotatable bonds is 3. The summed E-state index contributed by atoms with van der Waals surface area (Å²) in [5.41, 5.74) is 12.6. The van der Waals surface area contributed by atoms with Gasteiger partial charge in [-0.15, -0.1) is 0 Å². The third-order valence-corrected chi connectivity index (χ3v) is 6.12. The zero-order valence-corrected chi connectivity index (χ0v) is 18.0. The average Bonchev–Trinajstić information content (AvgIpc) is 3.40. The predicted molar refractivity (Wildman–Crippen MR) is 128 cm³/mol. The van der Waals surface area contributed by atoms with Crippen LogP contribution in [0.25, 0.3) is 33.5 Å². The Morgan fingerprint density at radius 3 is 2.58 bits per heavy atom. The zero-order chi connectivity index (χ0) is 22.5. The van der Waals surface area contributed by atoms with Crippen LogP contribution in [0.4, 0.5) is 5.95 Å². The lowest BCUT2D eigenvalue weighted by Gasteiger charge is -2.16. The number of nitrogens with two attached hydrogens (primary N) is 1. The molecule has 1 amide bonds. The van der Waals surface area contributed by atoms with Gasteiger partial charge < -0.3 is 16.0 Å². The van der Waals surface area contributed by atoms with Crippen LogP contribution in [0.3, 0.4) is 0 Å². The molecule has 5 aromatic rings. The summed E-state index contributed by atoms with van der Waals surface area (Å²) >= 11 is 6.17. The number of nitrogens with zero attached hydrogens (tertiary/aromatic N) is 3. The van der Waals surface area contributed by atoms with Crippen LogP contribution in [-0.2, 0) is 0 Å². The number of imidazole rings is 1. The number of aromatic nitrogens is 4. The summed E-state index contributed by atoms with van der Waals surface area (Å²) in [6.07, 6.45) is 1.33. The fourth-order valence-corrected chi connectivity index (χ4v) is 4.60. The molecule has 2 heterocycles. The number of anilines is 1. The van der Waals surface area contributed by atoms with Gasteiger partial charge in [0, 0.05) is 5.56 Å². The van der Waals surface area contributed by atoms with Crippen molar-refractivity contribution in [2.75, 3.05) is 5.73 Å². The van der Waals surface area contributed by atoms with Crippen LogP contribution in [0.2, 0.25) is 5.02 Å². The number of para-hydroxylation sites is 2. The lowest BCUT2D eigenvalue weighted by Crippen LogP contribution is -2.29. The van der Waals surface area contributed by atoms with Crippen LogP contribution in [-0.4, -0.2) is 25.8 Å². The Bertz CT molecular complexity index is 1530. The largest absolute Gasteiger partial charge is 0.368 e. The molecule has 33 heavy (non-hydrogen) atoms. The molecular weight excluding hydrogens is 436 g/mol. The quantitative estimate of drug-likeness (QED) is 0.365. The van der Waals surface area contributed by atoms with Crippen molar-refractivity contribution in [1.82, 2.24) is 25.3 Å². The van der Waals surface area contributed by atoms with Gasteiger partial charge in [0.2, 0.25) is 5.95 Å². The summed E-state index contributed by atoms with van der Waals surface area (Å²) in [4.78, 5) is 29.2. The van der Waals surface area contributed by atoms with Crippen molar-refractivity contribution in [3.05, 3.63) is 94.8 Å². The highest BCUT2D eigenvalue weighted by atomic mass is 35.5. The number of carbonyl (C=O) groups is 1. The van der Waals surface area contributed by atoms with Crippen molar-refractivity contribution in [1.29, 1.82) is 0 Å². The third kappa shape index (κ3) is 3.13. The first-order chi connectivity index (χ1) is 16.1. The Balaban J connectivity index is 1.48. The van der Waals surface area contributed by atoms with Crippen molar-refractivity contribution in [3.8, 4) is 22.5 Å². The van der Waals surface area contributed by atoms with Crippen molar-refractivity contribution in [2.45, 2.75) is 6.04 Å². The number of benzene rings is 3. The monoisotopic (exact) mass is 452 g/mol. The minimum absolute atomic E-state index is 0.0102. The first-order valence-corrected chi connectivity index (χ1v) is 10.7. The number of hydrogen-bond acceptors (Lipinski definition) is 5. The molecule has 0 aliphatic heterocycles. The number of aromatic amines is 1. The van der Waals surface area contributed by atoms with E-state index in [0.717, 1.165) is 44.7 Å². The van der Waals surface area contributed by atoms with E-state index in [1.807, 2.05) is 60.7 Å². The van der Waals surface area contributed by atoms with Crippen LogP contribution in [0, 0.1) is 0 Å². The minimum Gasteiger partial charge on any atom is -0.368 e. The van der Waals surface area contributed by atoms with Gasteiger partial charge in [-0.1, -0.05) is 66.2 Å². The van der Waals surface area contributed by atoms with Crippen molar-refractivity contribution in [2.24, 2.45) is 0 Å². The number of amides is 1. The van der Waals surface area contributed by atoms with Gasteiger partial charge in [0.1, 0.15) is 5.82 Å². The fourth-order valence-electron chi connectivity index (χ4n) is 4.43. The normalized spacial score (nSPS) is 14.2. The number of hydrogen-bond donors (Lipinski definition) is 3. The molecule has 1 unspecified atom stereocenters. The number of H-pyrrole nitrogens is 1. The van der Waals surface area contributed by atoms with Crippen LogP contribution < -0.4 is 11.1 Å². The number of nitrogen functional groups attached to an aromatic ring is 1. The SMILES string of the molecule is Nc1ncc(Cl)c(C(=O)NC2c3ccccc3-c3c(-c4nc5ccccc5[nH]4)cccc32)n1. The Morgan fingerprint density at radius 1 is 0.939 bits per heavy atom.